The average molecular weight is 159 g/mol. The van der Waals surface area contributed by atoms with Gasteiger partial charge in [-0.3, -0.25) is 0 Å². The van der Waals surface area contributed by atoms with Crippen molar-refractivity contribution in [3.05, 3.63) is 29.8 Å². The van der Waals surface area contributed by atoms with Crippen molar-refractivity contribution in [2.24, 2.45) is 0 Å². The summed E-state index contributed by atoms with van der Waals surface area (Å²) in [6, 6.07) is 2.05. The van der Waals surface area contributed by atoms with Crippen LogP contribution >= 0.6 is 0 Å². The summed E-state index contributed by atoms with van der Waals surface area (Å²) < 4.78 is 0. The number of hydrogen-bond donors (Lipinski definition) is 0. The lowest BCUT2D eigenvalue weighted by Crippen LogP contribution is -1.90. The molecule has 0 unspecified atom stereocenters. The molecule has 0 aliphatic heterocycles. The number of hydrogen-bond acceptors (Lipinski definition) is 3. The summed E-state index contributed by atoms with van der Waals surface area (Å²) in [5.41, 5.74) is 2.98. The van der Waals surface area contributed by atoms with Gasteiger partial charge in [0.1, 0.15) is 6.33 Å². The first-order valence-corrected chi connectivity index (χ1v) is 3.81. The first-order valence-electron chi connectivity index (χ1n) is 3.81. The molecular formula is C9H9N3. The second-order valence-corrected chi connectivity index (χ2v) is 2.83. The van der Waals surface area contributed by atoms with Gasteiger partial charge in [-0.1, -0.05) is 0 Å². The Labute approximate surface area is 70.5 Å². The van der Waals surface area contributed by atoms with Gasteiger partial charge < -0.3 is 0 Å². The second kappa shape index (κ2) is 2.52. The number of nitrogens with zero attached hydrogens (tertiary/aromatic N) is 3. The van der Waals surface area contributed by atoms with Crippen molar-refractivity contribution >= 4 is 11.0 Å². The zero-order chi connectivity index (χ0) is 8.55. The largest absolute Gasteiger partial charge is 0.244 e. The molecule has 0 aromatic carbocycles. The molecular weight excluding hydrogens is 150 g/mol. The van der Waals surface area contributed by atoms with Gasteiger partial charge in [0.2, 0.25) is 0 Å². The topological polar surface area (TPSA) is 38.7 Å². The van der Waals surface area contributed by atoms with Crippen LogP contribution < -0.4 is 0 Å². The Kier molecular flexibility index (Phi) is 1.50. The molecule has 2 aromatic heterocycles. The molecule has 12 heavy (non-hydrogen) atoms. The van der Waals surface area contributed by atoms with Crippen molar-refractivity contribution < 1.29 is 0 Å². The third-order valence-electron chi connectivity index (χ3n) is 1.93. The van der Waals surface area contributed by atoms with Gasteiger partial charge in [0.15, 0.2) is 5.65 Å². The fourth-order valence-electron chi connectivity index (χ4n) is 1.11. The number of aromatic nitrogens is 3. The third kappa shape index (κ3) is 1.03. The smallest absolute Gasteiger partial charge is 0.162 e. The highest BCUT2D eigenvalue weighted by atomic mass is 14.9. The minimum atomic E-state index is 0.771. The van der Waals surface area contributed by atoms with E-state index in [2.05, 4.69) is 21.0 Å². The van der Waals surface area contributed by atoms with Gasteiger partial charge >= 0.3 is 0 Å². The maximum Gasteiger partial charge on any atom is 0.162 e. The van der Waals surface area contributed by atoms with Crippen molar-refractivity contribution in [1.82, 2.24) is 15.0 Å². The quantitative estimate of drug-likeness (QED) is 0.586. The Hall–Kier alpha value is -1.51. The zero-order valence-corrected chi connectivity index (χ0v) is 7.07. The van der Waals surface area contributed by atoms with E-state index in [9.17, 15) is 0 Å². The molecule has 3 heteroatoms. The Balaban J connectivity index is 2.84. The average Bonchev–Trinajstić information content (AvgIpc) is 2.07. The van der Waals surface area contributed by atoms with Crippen LogP contribution in [0.25, 0.3) is 11.0 Å². The minimum Gasteiger partial charge on any atom is -0.244 e. The number of pyridine rings is 1. The molecule has 0 atom stereocenters. The summed E-state index contributed by atoms with van der Waals surface area (Å²) in [7, 11) is 0. The molecule has 0 N–H and O–H groups in total. The van der Waals surface area contributed by atoms with E-state index in [1.54, 1.807) is 6.20 Å². The fourth-order valence-corrected chi connectivity index (χ4v) is 1.11. The maximum absolute atomic E-state index is 4.32. The first-order chi connectivity index (χ1) is 5.77. The lowest BCUT2D eigenvalue weighted by molar-refractivity contribution is 1.13. The van der Waals surface area contributed by atoms with E-state index in [-0.39, 0.29) is 0 Å². The summed E-state index contributed by atoms with van der Waals surface area (Å²) in [4.78, 5) is 12.3. The third-order valence-corrected chi connectivity index (χ3v) is 1.93. The van der Waals surface area contributed by atoms with Gasteiger partial charge in [0.05, 0.1) is 0 Å². The van der Waals surface area contributed by atoms with Crippen LogP contribution in [0.5, 0.6) is 0 Å². The molecule has 0 spiro atoms. The van der Waals surface area contributed by atoms with Crippen molar-refractivity contribution in [1.29, 1.82) is 0 Å². The molecule has 3 nitrogen and oxygen atoms in total. The van der Waals surface area contributed by atoms with Gasteiger partial charge in [0, 0.05) is 17.3 Å². The van der Waals surface area contributed by atoms with Crippen LogP contribution in [-0.2, 0) is 0 Å². The maximum atomic E-state index is 4.32. The van der Waals surface area contributed by atoms with Gasteiger partial charge in [-0.2, -0.15) is 0 Å². The Morgan fingerprint density at radius 1 is 1.25 bits per heavy atom. The molecule has 0 fully saturated rings. The predicted octanol–water partition coefficient (Wildman–Crippen LogP) is 1.64. The summed E-state index contributed by atoms with van der Waals surface area (Å²) in [6.07, 6.45) is 3.30. The molecule has 2 aromatic rings. The van der Waals surface area contributed by atoms with Crippen LogP contribution in [0.2, 0.25) is 0 Å². The summed E-state index contributed by atoms with van der Waals surface area (Å²) >= 11 is 0. The zero-order valence-electron chi connectivity index (χ0n) is 7.07. The molecule has 0 saturated carbocycles. The minimum absolute atomic E-state index is 0.771. The standard InChI is InChI=1S/C9H9N3/c1-6-3-8-4-10-5-11-9(8)12-7(6)2/h3-5H,1-2H3. The van der Waals surface area contributed by atoms with Crippen LogP contribution in [0, 0.1) is 13.8 Å². The first kappa shape index (κ1) is 7.16. The molecule has 2 rings (SSSR count). The molecule has 0 aliphatic rings. The normalized spacial score (nSPS) is 10.5. The van der Waals surface area contributed by atoms with Crippen LogP contribution in [-0.4, -0.2) is 15.0 Å². The van der Waals surface area contributed by atoms with Crippen LogP contribution in [0.1, 0.15) is 11.3 Å². The Morgan fingerprint density at radius 3 is 2.92 bits per heavy atom. The molecule has 0 amide bonds. The van der Waals surface area contributed by atoms with Gasteiger partial charge in [0.25, 0.3) is 0 Å². The number of aryl methyl sites for hydroxylation is 2. The van der Waals surface area contributed by atoms with Crippen LogP contribution in [0.4, 0.5) is 0 Å². The molecule has 0 saturated heterocycles. The summed E-state index contributed by atoms with van der Waals surface area (Å²) in [5, 5.41) is 1.00. The second-order valence-electron chi connectivity index (χ2n) is 2.83. The fraction of sp³-hybridized carbons (Fsp3) is 0.222. The lowest BCUT2D eigenvalue weighted by atomic mass is 10.2. The van der Waals surface area contributed by atoms with Crippen molar-refractivity contribution in [2.45, 2.75) is 13.8 Å². The van der Waals surface area contributed by atoms with Crippen LogP contribution in [0.15, 0.2) is 18.6 Å². The van der Waals surface area contributed by atoms with E-state index in [4.69, 9.17) is 0 Å². The van der Waals surface area contributed by atoms with Crippen molar-refractivity contribution in [2.75, 3.05) is 0 Å². The van der Waals surface area contributed by atoms with E-state index in [0.29, 0.717) is 0 Å². The lowest BCUT2D eigenvalue weighted by Gasteiger charge is -1.99. The Bertz CT molecular complexity index is 383. The highest BCUT2D eigenvalue weighted by Crippen LogP contribution is 2.11. The van der Waals surface area contributed by atoms with Gasteiger partial charge in [-0.25, -0.2) is 15.0 Å². The van der Waals surface area contributed by atoms with Crippen LogP contribution in [0.3, 0.4) is 0 Å². The number of fused-ring (bicyclic) bond motifs is 1. The van der Waals surface area contributed by atoms with E-state index in [0.717, 1.165) is 16.7 Å². The molecule has 2 heterocycles. The highest BCUT2D eigenvalue weighted by Gasteiger charge is 1.98. The molecule has 0 bridgehead atoms. The van der Waals surface area contributed by atoms with E-state index in [1.807, 2.05) is 13.8 Å². The van der Waals surface area contributed by atoms with E-state index in [1.165, 1.54) is 11.9 Å². The summed E-state index contributed by atoms with van der Waals surface area (Å²) in [5.74, 6) is 0. The predicted molar refractivity (Wildman–Crippen MR) is 46.8 cm³/mol. The van der Waals surface area contributed by atoms with E-state index >= 15 is 0 Å². The molecule has 0 radical (unpaired) electrons. The SMILES string of the molecule is Cc1cc2cncnc2nc1C. The monoisotopic (exact) mass is 159 g/mol. The van der Waals surface area contributed by atoms with Crippen molar-refractivity contribution in [3.63, 3.8) is 0 Å². The van der Waals surface area contributed by atoms with E-state index < -0.39 is 0 Å². The molecule has 60 valence electrons. The highest BCUT2D eigenvalue weighted by molar-refractivity contribution is 5.74. The van der Waals surface area contributed by atoms with Gasteiger partial charge in [-0.15, -0.1) is 0 Å². The van der Waals surface area contributed by atoms with Crippen molar-refractivity contribution in [3.8, 4) is 0 Å². The number of rotatable bonds is 0. The van der Waals surface area contributed by atoms with Gasteiger partial charge in [-0.05, 0) is 25.5 Å². The summed E-state index contributed by atoms with van der Waals surface area (Å²) in [6.45, 7) is 4.02. The Morgan fingerprint density at radius 2 is 2.08 bits per heavy atom. The molecule has 0 aliphatic carbocycles.